The summed E-state index contributed by atoms with van der Waals surface area (Å²) < 4.78 is 48.2. The molecule has 2 atom stereocenters. The van der Waals surface area contributed by atoms with Crippen LogP contribution in [0.15, 0.2) is 47.6 Å². The maximum atomic E-state index is 13.9. The summed E-state index contributed by atoms with van der Waals surface area (Å²) in [5.74, 6) is -1.70. The molecule has 32 heavy (non-hydrogen) atoms. The third-order valence-electron chi connectivity index (χ3n) is 5.07. The first-order valence-electron chi connectivity index (χ1n) is 10.1. The van der Waals surface area contributed by atoms with Crippen LogP contribution in [0.25, 0.3) is 11.4 Å². The lowest BCUT2D eigenvalue weighted by atomic mass is 10.2. The predicted octanol–water partition coefficient (Wildman–Crippen LogP) is 4.66. The van der Waals surface area contributed by atoms with Gasteiger partial charge in [-0.15, -0.1) is 10.2 Å². The van der Waals surface area contributed by atoms with Crippen molar-refractivity contribution in [2.24, 2.45) is 0 Å². The Kier molecular flexibility index (Phi) is 6.80. The predicted molar refractivity (Wildman–Crippen MR) is 115 cm³/mol. The van der Waals surface area contributed by atoms with E-state index in [4.69, 9.17) is 4.74 Å². The summed E-state index contributed by atoms with van der Waals surface area (Å²) in [4.78, 5) is 12.6. The third-order valence-corrected chi connectivity index (χ3v) is 6.15. The van der Waals surface area contributed by atoms with E-state index in [-0.39, 0.29) is 17.6 Å². The first-order chi connectivity index (χ1) is 15.4. The van der Waals surface area contributed by atoms with Crippen LogP contribution in [0, 0.1) is 17.5 Å². The fourth-order valence-corrected chi connectivity index (χ4v) is 4.24. The van der Waals surface area contributed by atoms with Crippen molar-refractivity contribution in [3.05, 3.63) is 59.9 Å². The van der Waals surface area contributed by atoms with Gasteiger partial charge in [-0.1, -0.05) is 11.8 Å². The molecule has 1 fully saturated rings. The molecule has 1 N–H and O–H groups in total. The summed E-state index contributed by atoms with van der Waals surface area (Å²) in [6.45, 7) is 2.80. The number of carbonyl (C=O) groups is 1. The number of nitrogens with zero attached hydrogens (tertiary/aromatic N) is 3. The molecule has 0 aliphatic carbocycles. The third kappa shape index (κ3) is 5.13. The highest BCUT2D eigenvalue weighted by atomic mass is 32.2. The molecule has 6 nitrogen and oxygen atoms in total. The van der Waals surface area contributed by atoms with Gasteiger partial charge >= 0.3 is 0 Å². The first kappa shape index (κ1) is 22.3. The quantitative estimate of drug-likeness (QED) is 0.517. The fourth-order valence-electron chi connectivity index (χ4n) is 3.38. The minimum absolute atomic E-state index is 0.0185. The number of aromatic nitrogens is 3. The molecule has 1 aliphatic rings. The molecule has 0 radical (unpaired) electrons. The Labute approximate surface area is 187 Å². The molecule has 0 spiro atoms. The van der Waals surface area contributed by atoms with Gasteiger partial charge in [-0.05, 0) is 56.2 Å². The standard InChI is InChI=1S/C22H21F3N4O2S/c1-13(21(30)26-19-11-16(24)8-9-18(19)25)32-22-28-27-20(14-4-6-15(23)7-5-14)29(22)12-17-3-2-10-31-17/h4-9,11,13,17H,2-3,10,12H2,1H3,(H,26,30). The number of halogens is 3. The zero-order valence-electron chi connectivity index (χ0n) is 17.2. The SMILES string of the molecule is CC(Sc1nnc(-c2ccc(F)cc2)n1CC1CCCO1)C(=O)Nc1cc(F)ccc1F. The molecule has 1 aliphatic heterocycles. The van der Waals surface area contributed by atoms with Crippen molar-refractivity contribution in [3.63, 3.8) is 0 Å². The Morgan fingerprint density at radius 3 is 2.66 bits per heavy atom. The lowest BCUT2D eigenvalue weighted by Crippen LogP contribution is -2.24. The minimum atomic E-state index is -0.725. The van der Waals surface area contributed by atoms with E-state index in [0.29, 0.717) is 29.7 Å². The van der Waals surface area contributed by atoms with Crippen LogP contribution in [0.3, 0.4) is 0 Å². The van der Waals surface area contributed by atoms with Crippen LogP contribution in [-0.2, 0) is 16.1 Å². The topological polar surface area (TPSA) is 69.0 Å². The van der Waals surface area contributed by atoms with Crippen LogP contribution in [-0.4, -0.2) is 38.6 Å². The van der Waals surface area contributed by atoms with Crippen LogP contribution in [0.2, 0.25) is 0 Å². The second-order valence-electron chi connectivity index (χ2n) is 7.43. The lowest BCUT2D eigenvalue weighted by Gasteiger charge is -2.16. The highest BCUT2D eigenvalue weighted by Crippen LogP contribution is 2.29. The highest BCUT2D eigenvalue weighted by Gasteiger charge is 2.25. The van der Waals surface area contributed by atoms with Gasteiger partial charge in [-0.25, -0.2) is 13.2 Å². The zero-order chi connectivity index (χ0) is 22.7. The summed E-state index contributed by atoms with van der Waals surface area (Å²) in [6.07, 6.45) is 1.83. The maximum absolute atomic E-state index is 13.9. The maximum Gasteiger partial charge on any atom is 0.237 e. The fraction of sp³-hybridized carbons (Fsp3) is 0.318. The molecule has 4 rings (SSSR count). The van der Waals surface area contributed by atoms with Crippen molar-refractivity contribution in [3.8, 4) is 11.4 Å². The van der Waals surface area contributed by atoms with Gasteiger partial charge in [-0.2, -0.15) is 0 Å². The van der Waals surface area contributed by atoms with Gasteiger partial charge < -0.3 is 10.1 Å². The van der Waals surface area contributed by atoms with Gasteiger partial charge in [0.05, 0.1) is 23.6 Å². The lowest BCUT2D eigenvalue weighted by molar-refractivity contribution is -0.115. The normalized spacial score (nSPS) is 16.8. The van der Waals surface area contributed by atoms with Gasteiger partial charge in [0.15, 0.2) is 11.0 Å². The second kappa shape index (κ2) is 9.74. The first-order valence-corrected chi connectivity index (χ1v) is 11.0. The van der Waals surface area contributed by atoms with E-state index in [2.05, 4.69) is 15.5 Å². The van der Waals surface area contributed by atoms with Crippen LogP contribution >= 0.6 is 11.8 Å². The number of rotatable bonds is 7. The number of carbonyl (C=O) groups excluding carboxylic acids is 1. The van der Waals surface area contributed by atoms with E-state index in [1.807, 2.05) is 4.57 Å². The van der Waals surface area contributed by atoms with E-state index >= 15 is 0 Å². The van der Waals surface area contributed by atoms with Gasteiger partial charge in [-0.3, -0.25) is 9.36 Å². The van der Waals surface area contributed by atoms with Crippen molar-refractivity contribution >= 4 is 23.4 Å². The number of anilines is 1. The van der Waals surface area contributed by atoms with Crippen molar-refractivity contribution < 1.29 is 22.7 Å². The summed E-state index contributed by atoms with van der Waals surface area (Å²) in [6, 6.07) is 8.78. The molecule has 1 amide bonds. The van der Waals surface area contributed by atoms with Crippen LogP contribution in [0.1, 0.15) is 19.8 Å². The molecular weight excluding hydrogens is 441 g/mol. The highest BCUT2D eigenvalue weighted by molar-refractivity contribution is 8.00. The van der Waals surface area contributed by atoms with E-state index in [0.717, 1.165) is 42.8 Å². The molecule has 1 aromatic heterocycles. The monoisotopic (exact) mass is 462 g/mol. The Balaban J connectivity index is 1.55. The van der Waals surface area contributed by atoms with Gasteiger partial charge in [0.1, 0.15) is 17.5 Å². The van der Waals surface area contributed by atoms with Gasteiger partial charge in [0.25, 0.3) is 0 Å². The summed E-state index contributed by atoms with van der Waals surface area (Å²) >= 11 is 1.14. The molecule has 2 heterocycles. The molecule has 0 bridgehead atoms. The molecule has 168 valence electrons. The zero-order valence-corrected chi connectivity index (χ0v) is 18.0. The molecule has 3 aromatic rings. The van der Waals surface area contributed by atoms with Crippen molar-refractivity contribution in [1.29, 1.82) is 0 Å². The number of ether oxygens (including phenoxy) is 1. The molecule has 1 saturated heterocycles. The number of hydrogen-bond acceptors (Lipinski definition) is 5. The molecule has 2 aromatic carbocycles. The van der Waals surface area contributed by atoms with E-state index < -0.39 is 22.8 Å². The minimum Gasteiger partial charge on any atom is -0.376 e. The second-order valence-corrected chi connectivity index (χ2v) is 8.74. The summed E-state index contributed by atoms with van der Waals surface area (Å²) in [7, 11) is 0. The Morgan fingerprint density at radius 2 is 1.94 bits per heavy atom. The Bertz CT molecular complexity index is 1100. The number of benzene rings is 2. The van der Waals surface area contributed by atoms with Crippen molar-refractivity contribution in [2.45, 2.75) is 42.8 Å². The number of thioether (sulfide) groups is 1. The van der Waals surface area contributed by atoms with E-state index in [1.165, 1.54) is 12.1 Å². The largest absolute Gasteiger partial charge is 0.376 e. The van der Waals surface area contributed by atoms with Crippen LogP contribution in [0.4, 0.5) is 18.9 Å². The van der Waals surface area contributed by atoms with Crippen molar-refractivity contribution in [2.75, 3.05) is 11.9 Å². The average molecular weight is 462 g/mol. The number of hydrogen-bond donors (Lipinski definition) is 1. The molecule has 10 heteroatoms. The van der Waals surface area contributed by atoms with E-state index in [9.17, 15) is 18.0 Å². The van der Waals surface area contributed by atoms with E-state index in [1.54, 1.807) is 19.1 Å². The number of amides is 1. The summed E-state index contributed by atoms with van der Waals surface area (Å²) in [5.41, 5.74) is 0.456. The molecule has 0 saturated carbocycles. The summed E-state index contributed by atoms with van der Waals surface area (Å²) in [5, 5.41) is 10.7. The Hall–Kier alpha value is -2.85. The molecule has 2 unspecified atom stereocenters. The van der Waals surface area contributed by atoms with Crippen LogP contribution in [0.5, 0.6) is 0 Å². The van der Waals surface area contributed by atoms with Gasteiger partial charge in [0, 0.05) is 18.2 Å². The van der Waals surface area contributed by atoms with Crippen LogP contribution < -0.4 is 5.32 Å². The Morgan fingerprint density at radius 1 is 1.19 bits per heavy atom. The van der Waals surface area contributed by atoms with Gasteiger partial charge in [0.2, 0.25) is 5.91 Å². The van der Waals surface area contributed by atoms with Crippen molar-refractivity contribution in [1.82, 2.24) is 14.8 Å². The average Bonchev–Trinajstić information content (AvgIpc) is 3.42. The smallest absolute Gasteiger partial charge is 0.237 e. The molecular formula is C22H21F3N4O2S. The number of nitrogens with one attached hydrogen (secondary N) is 1.